The molecule has 19 heavy (non-hydrogen) atoms. The molecule has 1 unspecified atom stereocenters. The molecule has 1 aromatic carbocycles. The van der Waals surface area contributed by atoms with Gasteiger partial charge in [0.1, 0.15) is 0 Å². The van der Waals surface area contributed by atoms with Crippen molar-refractivity contribution in [1.29, 1.82) is 0 Å². The summed E-state index contributed by atoms with van der Waals surface area (Å²) in [5.41, 5.74) is 1.65. The zero-order chi connectivity index (χ0) is 13.4. The third kappa shape index (κ3) is 2.17. The van der Waals surface area contributed by atoms with Crippen LogP contribution in [0.1, 0.15) is 16.8 Å². The molecule has 1 aliphatic heterocycles. The number of carbonyl (C=O) groups excluding carboxylic acids is 1. The number of amides is 1. The Morgan fingerprint density at radius 2 is 2.37 bits per heavy atom. The lowest BCUT2D eigenvalue weighted by Crippen LogP contribution is -2.29. The summed E-state index contributed by atoms with van der Waals surface area (Å²) in [4.78, 5) is 17.5. The fraction of sp³-hybridized carbons (Fsp3) is 0.357. The molecule has 0 radical (unpaired) electrons. The highest BCUT2D eigenvalue weighted by molar-refractivity contribution is 9.10. The first-order chi connectivity index (χ1) is 9.20. The maximum atomic E-state index is 12.5. The molecule has 5 heteroatoms. The zero-order valence-corrected chi connectivity index (χ0v) is 12.0. The highest BCUT2D eigenvalue weighted by atomic mass is 79.9. The van der Waals surface area contributed by atoms with Crippen LogP contribution >= 0.6 is 15.9 Å². The van der Waals surface area contributed by atoms with Gasteiger partial charge in [0.25, 0.3) is 5.91 Å². The van der Waals surface area contributed by atoms with E-state index in [0.29, 0.717) is 12.1 Å². The quantitative estimate of drug-likeness (QED) is 0.892. The van der Waals surface area contributed by atoms with Crippen molar-refractivity contribution in [2.75, 3.05) is 19.7 Å². The second-order valence-corrected chi connectivity index (χ2v) is 5.81. The molecule has 3 rings (SSSR count). The topological polar surface area (TPSA) is 56.3 Å². The number of hydrogen-bond donors (Lipinski definition) is 2. The molecule has 0 saturated carbocycles. The average molecular weight is 323 g/mol. The van der Waals surface area contributed by atoms with E-state index >= 15 is 0 Å². The lowest BCUT2D eigenvalue weighted by atomic mass is 10.1. The van der Waals surface area contributed by atoms with Crippen molar-refractivity contribution in [2.45, 2.75) is 6.42 Å². The van der Waals surface area contributed by atoms with Crippen LogP contribution in [0.4, 0.5) is 0 Å². The first-order valence-corrected chi connectivity index (χ1v) is 7.15. The first kappa shape index (κ1) is 12.7. The molecule has 2 heterocycles. The van der Waals surface area contributed by atoms with Gasteiger partial charge in [-0.1, -0.05) is 22.0 Å². The third-order valence-electron chi connectivity index (χ3n) is 3.72. The summed E-state index contributed by atoms with van der Waals surface area (Å²) in [5.74, 6) is 0.256. The standard InChI is InChI=1S/C14H15BrN2O2/c15-11-2-1-3-12-13(11)10(6-16-12)14(19)17-5-4-9(7-17)8-18/h1-3,6,9,16,18H,4-5,7-8H2. The number of aromatic nitrogens is 1. The number of H-pyrrole nitrogens is 1. The van der Waals surface area contributed by atoms with E-state index in [1.165, 1.54) is 0 Å². The van der Waals surface area contributed by atoms with Crippen molar-refractivity contribution in [3.63, 3.8) is 0 Å². The number of aromatic amines is 1. The maximum Gasteiger partial charge on any atom is 0.256 e. The molecular formula is C14H15BrN2O2. The molecule has 2 aromatic rings. The smallest absolute Gasteiger partial charge is 0.256 e. The highest BCUT2D eigenvalue weighted by Gasteiger charge is 2.28. The van der Waals surface area contributed by atoms with Gasteiger partial charge >= 0.3 is 0 Å². The number of carbonyl (C=O) groups is 1. The SMILES string of the molecule is O=C(c1c[nH]c2cccc(Br)c12)N1CCC(CO)C1. The summed E-state index contributed by atoms with van der Waals surface area (Å²) in [6.45, 7) is 1.52. The summed E-state index contributed by atoms with van der Waals surface area (Å²) in [7, 11) is 0. The number of halogens is 1. The minimum absolute atomic E-state index is 0.0362. The second kappa shape index (κ2) is 4.98. The van der Waals surface area contributed by atoms with Gasteiger partial charge in [0.15, 0.2) is 0 Å². The van der Waals surface area contributed by atoms with Crippen LogP contribution in [0.3, 0.4) is 0 Å². The summed E-state index contributed by atoms with van der Waals surface area (Å²) < 4.78 is 0.924. The molecule has 100 valence electrons. The van der Waals surface area contributed by atoms with Gasteiger partial charge in [-0.05, 0) is 18.6 Å². The number of likely N-dealkylation sites (tertiary alicyclic amines) is 1. The zero-order valence-electron chi connectivity index (χ0n) is 10.4. The fourth-order valence-corrected chi connectivity index (χ4v) is 3.23. The predicted octanol–water partition coefficient (Wildman–Crippen LogP) is 2.38. The van der Waals surface area contributed by atoms with Crippen LogP contribution in [0.5, 0.6) is 0 Å². The van der Waals surface area contributed by atoms with Crippen LogP contribution < -0.4 is 0 Å². The molecular weight excluding hydrogens is 308 g/mol. The number of fused-ring (bicyclic) bond motifs is 1. The molecule has 1 aliphatic rings. The van der Waals surface area contributed by atoms with Crippen molar-refractivity contribution in [2.24, 2.45) is 5.92 Å². The molecule has 2 N–H and O–H groups in total. The van der Waals surface area contributed by atoms with Crippen LogP contribution in [0.2, 0.25) is 0 Å². The molecule has 0 aliphatic carbocycles. The van der Waals surface area contributed by atoms with Gasteiger partial charge in [-0.15, -0.1) is 0 Å². The van der Waals surface area contributed by atoms with Crippen LogP contribution in [-0.4, -0.2) is 40.6 Å². The van der Waals surface area contributed by atoms with E-state index in [1.807, 2.05) is 23.1 Å². The molecule has 1 saturated heterocycles. The van der Waals surface area contributed by atoms with Crippen LogP contribution in [-0.2, 0) is 0 Å². The van der Waals surface area contributed by atoms with Crippen molar-refractivity contribution < 1.29 is 9.90 Å². The molecule has 1 aromatic heterocycles. The van der Waals surface area contributed by atoms with E-state index in [9.17, 15) is 4.79 Å². The highest BCUT2D eigenvalue weighted by Crippen LogP contribution is 2.29. The van der Waals surface area contributed by atoms with Gasteiger partial charge in [-0.2, -0.15) is 0 Å². The summed E-state index contributed by atoms with van der Waals surface area (Å²) in [5, 5.41) is 10.1. The van der Waals surface area contributed by atoms with Gasteiger partial charge in [0.2, 0.25) is 0 Å². The van der Waals surface area contributed by atoms with E-state index in [-0.39, 0.29) is 18.4 Å². The number of hydrogen-bond acceptors (Lipinski definition) is 2. The number of nitrogens with one attached hydrogen (secondary N) is 1. The Morgan fingerprint density at radius 3 is 3.11 bits per heavy atom. The second-order valence-electron chi connectivity index (χ2n) is 4.95. The lowest BCUT2D eigenvalue weighted by molar-refractivity contribution is 0.0784. The lowest BCUT2D eigenvalue weighted by Gasteiger charge is -2.15. The molecule has 1 amide bonds. The number of rotatable bonds is 2. The van der Waals surface area contributed by atoms with Crippen LogP contribution in [0.25, 0.3) is 10.9 Å². The normalized spacial score (nSPS) is 19.3. The van der Waals surface area contributed by atoms with Gasteiger partial charge in [-0.3, -0.25) is 4.79 Å². The third-order valence-corrected chi connectivity index (χ3v) is 4.38. The van der Waals surface area contributed by atoms with Crippen molar-refractivity contribution >= 4 is 32.7 Å². The van der Waals surface area contributed by atoms with Crippen molar-refractivity contribution in [3.8, 4) is 0 Å². The maximum absolute atomic E-state index is 12.5. The average Bonchev–Trinajstić information content (AvgIpc) is 3.05. The van der Waals surface area contributed by atoms with Gasteiger partial charge < -0.3 is 15.0 Å². The van der Waals surface area contributed by atoms with Crippen molar-refractivity contribution in [1.82, 2.24) is 9.88 Å². The Labute approximate surface area is 119 Å². The van der Waals surface area contributed by atoms with Gasteiger partial charge in [0.05, 0.1) is 5.56 Å². The minimum Gasteiger partial charge on any atom is -0.396 e. The van der Waals surface area contributed by atoms with E-state index in [4.69, 9.17) is 5.11 Å². The Kier molecular flexibility index (Phi) is 3.33. The summed E-state index contributed by atoms with van der Waals surface area (Å²) >= 11 is 3.50. The molecule has 1 atom stereocenters. The monoisotopic (exact) mass is 322 g/mol. The predicted molar refractivity (Wildman–Crippen MR) is 77.1 cm³/mol. The van der Waals surface area contributed by atoms with Crippen LogP contribution in [0, 0.1) is 5.92 Å². The molecule has 1 fully saturated rings. The molecule has 4 nitrogen and oxygen atoms in total. The minimum atomic E-state index is 0.0362. The van der Waals surface area contributed by atoms with Crippen molar-refractivity contribution in [3.05, 3.63) is 34.4 Å². The molecule has 0 bridgehead atoms. The van der Waals surface area contributed by atoms with E-state index < -0.39 is 0 Å². The number of nitrogens with zero attached hydrogens (tertiary/aromatic N) is 1. The number of aliphatic hydroxyl groups excluding tert-OH is 1. The number of benzene rings is 1. The Balaban J connectivity index is 1.94. The number of aliphatic hydroxyl groups is 1. The Morgan fingerprint density at radius 1 is 1.53 bits per heavy atom. The Bertz CT molecular complexity index is 623. The fourth-order valence-electron chi connectivity index (χ4n) is 2.65. The first-order valence-electron chi connectivity index (χ1n) is 6.36. The van der Waals surface area contributed by atoms with Gasteiger partial charge in [0, 0.05) is 47.2 Å². The van der Waals surface area contributed by atoms with Gasteiger partial charge in [-0.25, -0.2) is 0 Å². The van der Waals surface area contributed by atoms with Crippen LogP contribution in [0.15, 0.2) is 28.9 Å². The van der Waals surface area contributed by atoms with E-state index in [0.717, 1.165) is 28.3 Å². The van der Waals surface area contributed by atoms with E-state index in [2.05, 4.69) is 20.9 Å². The largest absolute Gasteiger partial charge is 0.396 e. The summed E-state index contributed by atoms with van der Waals surface area (Å²) in [6, 6.07) is 5.83. The van der Waals surface area contributed by atoms with E-state index in [1.54, 1.807) is 6.20 Å². The molecule has 0 spiro atoms. The Hall–Kier alpha value is -1.33. The summed E-state index contributed by atoms with van der Waals surface area (Å²) in [6.07, 6.45) is 2.65.